The molecular formula is C22H26F2N4O2S. The van der Waals surface area contributed by atoms with Crippen LogP contribution in [-0.4, -0.2) is 47.9 Å². The molecule has 1 aromatic carbocycles. The zero-order valence-electron chi connectivity index (χ0n) is 17.7. The summed E-state index contributed by atoms with van der Waals surface area (Å²) in [5, 5.41) is 3.64. The first kappa shape index (κ1) is 21.7. The fraction of sp³-hybridized carbons (Fsp3) is 0.500. The van der Waals surface area contributed by atoms with Gasteiger partial charge in [0.15, 0.2) is 16.8 Å². The highest BCUT2D eigenvalue weighted by Gasteiger charge is 2.30. The van der Waals surface area contributed by atoms with Gasteiger partial charge in [-0.25, -0.2) is 13.8 Å². The van der Waals surface area contributed by atoms with Crippen LogP contribution in [0.3, 0.4) is 0 Å². The fourth-order valence-corrected chi connectivity index (χ4v) is 5.26. The summed E-state index contributed by atoms with van der Waals surface area (Å²) in [6.45, 7) is 6.74. The molecule has 0 unspecified atom stereocenters. The standard InChI is InChI=1S/C22H26F2N4O2S/c1-13(2)21(30)27-7-9-28(10-8-27)22-26-18-6-3-14(11-19(18)31-22)20(29)25-15-4-5-16(23)17(24)12-15/h4-5,12-14H,3,6-11H2,1-2H3,(H,25,29)/t14-/m1/s1. The van der Waals surface area contributed by atoms with Crippen LogP contribution >= 0.6 is 11.3 Å². The van der Waals surface area contributed by atoms with Crippen molar-refractivity contribution in [1.82, 2.24) is 9.88 Å². The predicted octanol–water partition coefficient (Wildman–Crippen LogP) is 3.47. The lowest BCUT2D eigenvalue weighted by Gasteiger charge is -2.35. The fourth-order valence-electron chi connectivity index (χ4n) is 4.02. The number of nitrogens with one attached hydrogen (secondary N) is 1. The van der Waals surface area contributed by atoms with Gasteiger partial charge in [0.25, 0.3) is 0 Å². The highest BCUT2D eigenvalue weighted by molar-refractivity contribution is 7.15. The van der Waals surface area contributed by atoms with E-state index >= 15 is 0 Å². The van der Waals surface area contributed by atoms with Crippen molar-refractivity contribution in [2.75, 3.05) is 36.4 Å². The van der Waals surface area contributed by atoms with Gasteiger partial charge in [0.1, 0.15) is 0 Å². The van der Waals surface area contributed by atoms with Gasteiger partial charge in [-0.2, -0.15) is 0 Å². The van der Waals surface area contributed by atoms with Gasteiger partial charge < -0.3 is 15.1 Å². The molecule has 6 nitrogen and oxygen atoms in total. The highest BCUT2D eigenvalue weighted by atomic mass is 32.1. The summed E-state index contributed by atoms with van der Waals surface area (Å²) < 4.78 is 26.5. The topological polar surface area (TPSA) is 65.5 Å². The number of halogens is 2. The van der Waals surface area contributed by atoms with Crippen molar-refractivity contribution in [1.29, 1.82) is 0 Å². The van der Waals surface area contributed by atoms with E-state index in [2.05, 4.69) is 10.2 Å². The van der Waals surface area contributed by atoms with Crippen molar-refractivity contribution >= 4 is 34.0 Å². The minimum atomic E-state index is -0.981. The molecule has 0 radical (unpaired) electrons. The average Bonchev–Trinajstić information content (AvgIpc) is 3.19. The first-order chi connectivity index (χ1) is 14.8. The van der Waals surface area contributed by atoms with Crippen LogP contribution in [0.25, 0.3) is 0 Å². The number of carbonyl (C=O) groups is 2. The zero-order valence-corrected chi connectivity index (χ0v) is 18.5. The number of nitrogens with zero attached hydrogens (tertiary/aromatic N) is 3. The number of fused-ring (bicyclic) bond motifs is 1. The number of thiazole rings is 1. The molecule has 0 bridgehead atoms. The van der Waals surface area contributed by atoms with Crippen molar-refractivity contribution in [2.45, 2.75) is 33.1 Å². The summed E-state index contributed by atoms with van der Waals surface area (Å²) in [5.41, 5.74) is 1.30. The first-order valence-corrected chi connectivity index (χ1v) is 11.4. The van der Waals surface area contributed by atoms with Crippen LogP contribution in [0.1, 0.15) is 30.8 Å². The van der Waals surface area contributed by atoms with Gasteiger partial charge in [-0.1, -0.05) is 13.8 Å². The van der Waals surface area contributed by atoms with Gasteiger partial charge in [-0.3, -0.25) is 9.59 Å². The Morgan fingerprint density at radius 3 is 2.58 bits per heavy atom. The Hall–Kier alpha value is -2.55. The molecule has 2 aliphatic rings. The number of piperazine rings is 1. The third kappa shape index (κ3) is 4.71. The third-order valence-electron chi connectivity index (χ3n) is 5.84. The van der Waals surface area contributed by atoms with Crippen LogP contribution in [0.4, 0.5) is 19.6 Å². The molecule has 1 fully saturated rings. The number of carbonyl (C=O) groups excluding carboxylic acids is 2. The molecule has 1 saturated heterocycles. The van der Waals surface area contributed by atoms with Gasteiger partial charge in [0.05, 0.1) is 5.69 Å². The van der Waals surface area contributed by atoms with E-state index in [-0.39, 0.29) is 29.3 Å². The molecule has 4 rings (SSSR count). The zero-order chi connectivity index (χ0) is 22.1. The summed E-state index contributed by atoms with van der Waals surface area (Å²) in [6.07, 6.45) is 1.98. The second-order valence-corrected chi connectivity index (χ2v) is 9.45. The summed E-state index contributed by atoms with van der Waals surface area (Å²) in [7, 11) is 0. The number of benzene rings is 1. The molecule has 1 aromatic heterocycles. The van der Waals surface area contributed by atoms with E-state index in [1.807, 2.05) is 18.7 Å². The van der Waals surface area contributed by atoms with Gasteiger partial charge in [0.2, 0.25) is 11.8 Å². The second-order valence-electron chi connectivity index (χ2n) is 8.39. The minimum absolute atomic E-state index is 0.00760. The molecule has 1 N–H and O–H groups in total. The van der Waals surface area contributed by atoms with E-state index < -0.39 is 11.6 Å². The maximum Gasteiger partial charge on any atom is 0.227 e. The van der Waals surface area contributed by atoms with Crippen molar-refractivity contribution in [3.8, 4) is 0 Å². The van der Waals surface area contributed by atoms with Gasteiger partial charge in [0, 0.05) is 54.6 Å². The van der Waals surface area contributed by atoms with Gasteiger partial charge in [-0.05, 0) is 31.4 Å². The van der Waals surface area contributed by atoms with Crippen LogP contribution in [0.15, 0.2) is 18.2 Å². The Balaban J connectivity index is 1.37. The average molecular weight is 449 g/mol. The molecule has 0 saturated carbocycles. The van der Waals surface area contributed by atoms with Crippen molar-refractivity contribution in [3.05, 3.63) is 40.4 Å². The lowest BCUT2D eigenvalue weighted by atomic mass is 9.90. The number of anilines is 2. The molecule has 1 aliphatic carbocycles. The third-order valence-corrected chi connectivity index (χ3v) is 7.02. The van der Waals surface area contributed by atoms with E-state index in [0.717, 1.165) is 40.9 Å². The lowest BCUT2D eigenvalue weighted by Crippen LogP contribution is -2.49. The summed E-state index contributed by atoms with van der Waals surface area (Å²) >= 11 is 1.61. The van der Waals surface area contributed by atoms with Crippen LogP contribution in [0.2, 0.25) is 0 Å². The van der Waals surface area contributed by atoms with Crippen LogP contribution < -0.4 is 10.2 Å². The molecule has 0 spiro atoms. The van der Waals surface area contributed by atoms with E-state index in [0.29, 0.717) is 32.4 Å². The van der Waals surface area contributed by atoms with E-state index in [4.69, 9.17) is 4.98 Å². The number of hydrogen-bond acceptors (Lipinski definition) is 5. The van der Waals surface area contributed by atoms with Crippen molar-refractivity contribution in [3.63, 3.8) is 0 Å². The monoisotopic (exact) mass is 448 g/mol. The van der Waals surface area contributed by atoms with E-state index in [9.17, 15) is 18.4 Å². The number of rotatable bonds is 4. The van der Waals surface area contributed by atoms with Gasteiger partial charge >= 0.3 is 0 Å². The van der Waals surface area contributed by atoms with Crippen molar-refractivity contribution in [2.24, 2.45) is 11.8 Å². The van der Waals surface area contributed by atoms with Crippen LogP contribution in [-0.2, 0) is 22.4 Å². The SMILES string of the molecule is CC(C)C(=O)N1CCN(c2nc3c(s2)C[C@H](C(=O)Nc2ccc(F)c(F)c2)CC3)CC1. The molecule has 2 amide bonds. The highest BCUT2D eigenvalue weighted by Crippen LogP contribution is 2.35. The number of amides is 2. The van der Waals surface area contributed by atoms with E-state index in [1.54, 1.807) is 11.3 Å². The molecular weight excluding hydrogens is 422 g/mol. The Morgan fingerprint density at radius 2 is 1.90 bits per heavy atom. The lowest BCUT2D eigenvalue weighted by molar-refractivity contribution is -0.134. The van der Waals surface area contributed by atoms with Gasteiger partial charge in [-0.15, -0.1) is 11.3 Å². The maximum absolute atomic E-state index is 13.4. The second kappa shape index (κ2) is 8.90. The summed E-state index contributed by atoms with van der Waals surface area (Å²) in [6, 6.07) is 3.36. The molecule has 166 valence electrons. The van der Waals surface area contributed by atoms with Crippen LogP contribution in [0.5, 0.6) is 0 Å². The molecule has 9 heteroatoms. The largest absolute Gasteiger partial charge is 0.345 e. The predicted molar refractivity (Wildman–Crippen MR) is 116 cm³/mol. The normalized spacial score (nSPS) is 18.8. The number of hydrogen-bond donors (Lipinski definition) is 1. The summed E-state index contributed by atoms with van der Waals surface area (Å²) in [4.78, 5) is 34.9. The smallest absolute Gasteiger partial charge is 0.227 e. The minimum Gasteiger partial charge on any atom is -0.345 e. The number of aromatic nitrogens is 1. The Bertz CT molecular complexity index is 986. The molecule has 1 atom stereocenters. The molecule has 1 aliphatic heterocycles. The Morgan fingerprint density at radius 1 is 1.16 bits per heavy atom. The molecule has 2 aromatic rings. The maximum atomic E-state index is 13.4. The molecule has 2 heterocycles. The van der Waals surface area contributed by atoms with Crippen LogP contribution in [0, 0.1) is 23.5 Å². The Kier molecular flexibility index (Phi) is 6.22. The first-order valence-electron chi connectivity index (χ1n) is 10.6. The number of aryl methyl sites for hydroxylation is 1. The summed E-state index contributed by atoms with van der Waals surface area (Å²) in [5.74, 6) is -2.14. The van der Waals surface area contributed by atoms with Crippen molar-refractivity contribution < 1.29 is 18.4 Å². The molecule has 31 heavy (non-hydrogen) atoms. The Labute approximate surface area is 184 Å². The van der Waals surface area contributed by atoms with E-state index in [1.165, 1.54) is 6.07 Å². The quantitative estimate of drug-likeness (QED) is 0.778.